The van der Waals surface area contributed by atoms with Gasteiger partial charge in [0, 0.05) is 0 Å². The van der Waals surface area contributed by atoms with E-state index in [4.69, 9.17) is 30.5 Å². The molecule has 2 amide bonds. The van der Waals surface area contributed by atoms with Gasteiger partial charge < -0.3 is 18.9 Å². The molecule has 3 aromatic carbocycles. The molecule has 0 bridgehead atoms. The second kappa shape index (κ2) is 12.4. The van der Waals surface area contributed by atoms with Gasteiger partial charge in [0.05, 0.1) is 40.7 Å². The summed E-state index contributed by atoms with van der Waals surface area (Å²) in [4.78, 5) is 39.5. The van der Waals surface area contributed by atoms with Gasteiger partial charge in [0.1, 0.15) is 6.61 Å². The van der Waals surface area contributed by atoms with Crippen LogP contribution in [0.3, 0.4) is 0 Å². The fraction of sp³-hybridized carbons (Fsp3) is 0.148. The lowest BCUT2D eigenvalue weighted by Crippen LogP contribution is -2.32. The Morgan fingerprint density at radius 2 is 1.68 bits per heavy atom. The van der Waals surface area contributed by atoms with E-state index in [0.29, 0.717) is 21.5 Å². The Morgan fingerprint density at radius 1 is 1.00 bits per heavy atom. The minimum atomic E-state index is -0.654. The molecule has 11 heteroatoms. The van der Waals surface area contributed by atoms with Crippen molar-refractivity contribution in [2.45, 2.75) is 0 Å². The molecular weight excluding hydrogens is 598 g/mol. The predicted octanol–water partition coefficient (Wildman–Crippen LogP) is 6.45. The van der Waals surface area contributed by atoms with Crippen molar-refractivity contribution in [3.05, 3.63) is 86.2 Å². The number of thioether (sulfide) groups is 1. The highest BCUT2D eigenvalue weighted by molar-refractivity contribution is 9.10. The van der Waals surface area contributed by atoms with Crippen molar-refractivity contribution in [2.24, 2.45) is 0 Å². The molecule has 0 N–H and O–H groups in total. The maximum Gasteiger partial charge on any atom is 0.345 e. The normalized spacial score (nSPS) is 14.1. The van der Waals surface area contributed by atoms with Crippen LogP contribution in [0.5, 0.6) is 23.0 Å². The van der Waals surface area contributed by atoms with Gasteiger partial charge >= 0.3 is 5.97 Å². The molecule has 196 valence electrons. The zero-order valence-electron chi connectivity index (χ0n) is 20.2. The number of esters is 1. The van der Waals surface area contributed by atoms with Crippen molar-refractivity contribution in [3.63, 3.8) is 0 Å². The van der Waals surface area contributed by atoms with Crippen molar-refractivity contribution in [3.8, 4) is 23.0 Å². The van der Waals surface area contributed by atoms with Crippen LogP contribution < -0.4 is 18.9 Å². The number of halogens is 2. The van der Waals surface area contributed by atoms with Crippen LogP contribution in [0, 0.1) is 0 Å². The van der Waals surface area contributed by atoms with Crippen LogP contribution in [0.4, 0.5) is 4.79 Å². The summed E-state index contributed by atoms with van der Waals surface area (Å²) in [6.07, 6.45) is 1.57. The number of nitrogens with zero attached hydrogens (tertiary/aromatic N) is 1. The zero-order valence-corrected chi connectivity index (χ0v) is 23.4. The first-order valence-corrected chi connectivity index (χ1v) is 13.2. The molecule has 8 nitrogen and oxygen atoms in total. The maximum absolute atomic E-state index is 12.9. The van der Waals surface area contributed by atoms with Gasteiger partial charge in [0.25, 0.3) is 11.1 Å². The Morgan fingerprint density at radius 3 is 2.39 bits per heavy atom. The summed E-state index contributed by atoms with van der Waals surface area (Å²) in [7, 11) is 2.96. The van der Waals surface area contributed by atoms with Gasteiger partial charge in [-0.15, -0.1) is 0 Å². The highest BCUT2D eigenvalue weighted by Gasteiger charge is 2.35. The fourth-order valence-corrected chi connectivity index (χ4v) is 5.14. The number of ether oxygens (including phenoxy) is 4. The van der Waals surface area contributed by atoms with Crippen molar-refractivity contribution >= 4 is 62.5 Å². The lowest BCUT2D eigenvalue weighted by atomic mass is 10.1. The molecule has 1 aliphatic heterocycles. The van der Waals surface area contributed by atoms with E-state index in [9.17, 15) is 14.4 Å². The highest BCUT2D eigenvalue weighted by atomic mass is 79.9. The van der Waals surface area contributed by atoms with Crippen LogP contribution in [0.2, 0.25) is 5.02 Å². The van der Waals surface area contributed by atoms with E-state index in [-0.39, 0.29) is 40.1 Å². The molecule has 1 aliphatic rings. The fourth-order valence-electron chi connectivity index (χ4n) is 3.53. The Bertz CT molecular complexity index is 1430. The smallest absolute Gasteiger partial charge is 0.345 e. The van der Waals surface area contributed by atoms with E-state index >= 15 is 0 Å². The molecule has 1 heterocycles. The van der Waals surface area contributed by atoms with Crippen LogP contribution in [0.15, 0.2) is 70.0 Å². The summed E-state index contributed by atoms with van der Waals surface area (Å²) in [6, 6.07) is 16.9. The Hall–Kier alpha value is -3.47. The maximum atomic E-state index is 12.9. The van der Waals surface area contributed by atoms with E-state index in [1.54, 1.807) is 60.7 Å². The third kappa shape index (κ3) is 6.15. The van der Waals surface area contributed by atoms with Crippen LogP contribution >= 0.6 is 39.3 Å². The topological polar surface area (TPSA) is 91.4 Å². The first-order chi connectivity index (χ1) is 18.3. The van der Waals surface area contributed by atoms with Gasteiger partial charge in [-0.2, -0.15) is 0 Å². The second-order valence-corrected chi connectivity index (χ2v) is 9.99. The van der Waals surface area contributed by atoms with Crippen LogP contribution in [-0.4, -0.2) is 49.4 Å². The number of imide groups is 1. The summed E-state index contributed by atoms with van der Waals surface area (Å²) in [6.45, 7) is 0.181. The van der Waals surface area contributed by atoms with Crippen LogP contribution in [0.1, 0.15) is 15.9 Å². The number of benzene rings is 3. The summed E-state index contributed by atoms with van der Waals surface area (Å²) in [5, 5.41) is -0.144. The molecule has 1 fully saturated rings. The number of amides is 2. The Kier molecular flexibility index (Phi) is 8.98. The first-order valence-electron chi connectivity index (χ1n) is 11.2. The summed E-state index contributed by atoms with van der Waals surface area (Å²) < 4.78 is 22.3. The lowest BCUT2D eigenvalue weighted by Gasteiger charge is -2.14. The molecular formula is C27H21BrClNO7S. The molecule has 3 aromatic rings. The molecule has 0 aromatic heterocycles. The van der Waals surface area contributed by atoms with Crippen molar-refractivity contribution in [1.82, 2.24) is 4.90 Å². The average molecular weight is 619 g/mol. The third-order valence-corrected chi connectivity index (χ3v) is 7.18. The van der Waals surface area contributed by atoms with Gasteiger partial charge in [0.15, 0.2) is 23.0 Å². The average Bonchev–Trinajstić information content (AvgIpc) is 3.17. The second-order valence-electron chi connectivity index (χ2n) is 7.74. The van der Waals surface area contributed by atoms with E-state index < -0.39 is 17.1 Å². The minimum absolute atomic E-state index is 0.0734. The van der Waals surface area contributed by atoms with Crippen molar-refractivity contribution < 1.29 is 33.3 Å². The van der Waals surface area contributed by atoms with E-state index in [1.165, 1.54) is 14.2 Å². The standard InChI is InChI=1S/C27H21BrClNO7S/c1-34-20-9-5-6-10-21(20)36-12-11-30-25(31)23(38-27(30)33)15-16-13-18(28)24(22(14-16)35-2)37-26(32)17-7-3-4-8-19(17)29/h3-10,13-15H,11-12H2,1-2H3/b23-15-. The summed E-state index contributed by atoms with van der Waals surface area (Å²) in [5.74, 6) is 0.380. The number of carbonyl (C=O) groups is 3. The molecule has 0 atom stereocenters. The van der Waals surface area contributed by atoms with Gasteiger partial charge in [-0.1, -0.05) is 35.9 Å². The number of rotatable bonds is 9. The molecule has 0 spiro atoms. The SMILES string of the molecule is COc1ccccc1OCCN1C(=O)S/C(=C\c2cc(Br)c(OC(=O)c3ccccc3Cl)c(OC)c2)C1=O. The van der Waals surface area contributed by atoms with Crippen LogP contribution in [-0.2, 0) is 4.79 Å². The summed E-state index contributed by atoms with van der Waals surface area (Å²) >= 11 is 10.3. The number of carbonyl (C=O) groups excluding carboxylic acids is 3. The van der Waals surface area contributed by atoms with E-state index in [0.717, 1.165) is 16.7 Å². The largest absolute Gasteiger partial charge is 0.493 e. The van der Waals surface area contributed by atoms with E-state index in [2.05, 4.69) is 15.9 Å². The van der Waals surface area contributed by atoms with Gasteiger partial charge in [-0.05, 0) is 75.7 Å². The Balaban J connectivity index is 1.48. The number of hydrogen-bond acceptors (Lipinski definition) is 8. The number of methoxy groups -OCH3 is 2. The van der Waals surface area contributed by atoms with Gasteiger partial charge in [0.2, 0.25) is 0 Å². The highest BCUT2D eigenvalue weighted by Crippen LogP contribution is 2.40. The monoisotopic (exact) mass is 617 g/mol. The van der Waals surface area contributed by atoms with Crippen molar-refractivity contribution in [1.29, 1.82) is 0 Å². The molecule has 4 rings (SSSR count). The van der Waals surface area contributed by atoms with Gasteiger partial charge in [-0.25, -0.2) is 4.79 Å². The molecule has 1 saturated heterocycles. The quantitative estimate of drug-likeness (QED) is 0.153. The molecule has 0 saturated carbocycles. The minimum Gasteiger partial charge on any atom is -0.493 e. The summed E-state index contributed by atoms with van der Waals surface area (Å²) in [5.41, 5.74) is 0.762. The van der Waals surface area contributed by atoms with Gasteiger partial charge in [-0.3, -0.25) is 14.5 Å². The predicted molar refractivity (Wildman–Crippen MR) is 148 cm³/mol. The zero-order chi connectivity index (χ0) is 27.2. The molecule has 0 aliphatic carbocycles. The molecule has 38 heavy (non-hydrogen) atoms. The number of hydrogen-bond donors (Lipinski definition) is 0. The molecule has 0 unspecified atom stereocenters. The first kappa shape index (κ1) is 27.6. The van der Waals surface area contributed by atoms with E-state index in [1.807, 2.05) is 6.07 Å². The lowest BCUT2D eigenvalue weighted by molar-refractivity contribution is -0.123. The van der Waals surface area contributed by atoms with Crippen molar-refractivity contribution in [2.75, 3.05) is 27.4 Å². The Labute approximate surface area is 236 Å². The molecule has 0 radical (unpaired) electrons. The number of para-hydroxylation sites is 2. The third-order valence-electron chi connectivity index (χ3n) is 5.35. The van der Waals surface area contributed by atoms with Crippen LogP contribution in [0.25, 0.3) is 6.08 Å².